The van der Waals surface area contributed by atoms with Crippen LogP contribution in [0.5, 0.6) is 5.75 Å². The highest BCUT2D eigenvalue weighted by atomic mass is 79.9. The molecule has 1 aromatic carbocycles. The van der Waals surface area contributed by atoms with E-state index in [0.29, 0.717) is 17.8 Å². The molecule has 0 fully saturated rings. The van der Waals surface area contributed by atoms with Crippen molar-refractivity contribution in [3.63, 3.8) is 0 Å². The van der Waals surface area contributed by atoms with Crippen molar-refractivity contribution < 1.29 is 9.15 Å². The van der Waals surface area contributed by atoms with Crippen molar-refractivity contribution in [2.75, 3.05) is 7.11 Å². The molecule has 0 aliphatic carbocycles. The number of pyridine rings is 1. The van der Waals surface area contributed by atoms with E-state index in [9.17, 15) is 4.79 Å². The number of ether oxygens (including phenoxy) is 1. The lowest BCUT2D eigenvalue weighted by Gasteiger charge is -2.07. The highest BCUT2D eigenvalue weighted by Crippen LogP contribution is 2.23. The van der Waals surface area contributed by atoms with E-state index < -0.39 is 5.76 Å². The lowest BCUT2D eigenvalue weighted by atomic mass is 10.2. The Kier molecular flexibility index (Phi) is 3.31. The Balaban J connectivity index is 2.09. The molecule has 2 aromatic heterocycles. The summed E-state index contributed by atoms with van der Waals surface area (Å²) in [5.41, 5.74) is 1.93. The molecule has 0 N–H and O–H groups in total. The third-order valence-electron chi connectivity index (χ3n) is 3.01. The Morgan fingerprint density at radius 1 is 1.40 bits per heavy atom. The van der Waals surface area contributed by atoms with Crippen molar-refractivity contribution >= 4 is 27.2 Å². The average Bonchev–Trinajstić information content (AvgIpc) is 2.77. The van der Waals surface area contributed by atoms with Gasteiger partial charge in [-0.25, -0.2) is 9.78 Å². The lowest BCUT2D eigenvalue weighted by molar-refractivity contribution is 0.414. The first-order chi connectivity index (χ1) is 9.69. The molecule has 0 amide bonds. The van der Waals surface area contributed by atoms with Crippen LogP contribution in [0.1, 0.15) is 5.56 Å². The van der Waals surface area contributed by atoms with Gasteiger partial charge in [-0.3, -0.25) is 4.57 Å². The fourth-order valence-electron chi connectivity index (χ4n) is 2.01. The van der Waals surface area contributed by atoms with Crippen LogP contribution in [-0.4, -0.2) is 16.7 Å². The molecule has 0 atom stereocenters. The fraction of sp³-hybridized carbons (Fsp3) is 0.143. The standard InChI is InChI=1S/C14H11BrN2O3/c1-19-10-4-5-11(15)9(7-10)8-17-13-12(20-14(17)18)3-2-6-16-13/h2-7H,8H2,1H3. The van der Waals surface area contributed by atoms with Crippen LogP contribution in [-0.2, 0) is 6.54 Å². The maximum Gasteiger partial charge on any atom is 0.421 e. The van der Waals surface area contributed by atoms with Crippen LogP contribution in [0.4, 0.5) is 0 Å². The summed E-state index contributed by atoms with van der Waals surface area (Å²) < 4.78 is 12.8. The predicted molar refractivity (Wildman–Crippen MR) is 78.1 cm³/mol. The number of hydrogen-bond donors (Lipinski definition) is 0. The van der Waals surface area contributed by atoms with Gasteiger partial charge in [0, 0.05) is 10.7 Å². The van der Waals surface area contributed by atoms with E-state index >= 15 is 0 Å². The lowest BCUT2D eigenvalue weighted by Crippen LogP contribution is -2.15. The van der Waals surface area contributed by atoms with Gasteiger partial charge in [-0.1, -0.05) is 15.9 Å². The van der Waals surface area contributed by atoms with Crippen LogP contribution in [0.2, 0.25) is 0 Å². The van der Waals surface area contributed by atoms with Crippen LogP contribution in [0.25, 0.3) is 11.2 Å². The first-order valence-corrected chi connectivity index (χ1v) is 6.75. The summed E-state index contributed by atoms with van der Waals surface area (Å²) in [6.07, 6.45) is 1.63. The molecule has 0 spiro atoms. The Morgan fingerprint density at radius 3 is 3.05 bits per heavy atom. The Hall–Kier alpha value is -2.08. The van der Waals surface area contributed by atoms with Crippen molar-refractivity contribution in [2.24, 2.45) is 0 Å². The Morgan fingerprint density at radius 2 is 2.25 bits per heavy atom. The van der Waals surface area contributed by atoms with Crippen LogP contribution in [0.3, 0.4) is 0 Å². The number of methoxy groups -OCH3 is 1. The van der Waals surface area contributed by atoms with Gasteiger partial charge in [-0.2, -0.15) is 0 Å². The van der Waals surface area contributed by atoms with Crippen LogP contribution in [0, 0.1) is 0 Å². The molecule has 0 saturated carbocycles. The molecular formula is C14H11BrN2O3. The van der Waals surface area contributed by atoms with Crippen molar-refractivity contribution in [1.29, 1.82) is 0 Å². The van der Waals surface area contributed by atoms with Crippen molar-refractivity contribution in [2.45, 2.75) is 6.54 Å². The second-order valence-corrected chi connectivity index (χ2v) is 5.09. The van der Waals surface area contributed by atoms with Gasteiger partial charge in [0.25, 0.3) is 0 Å². The van der Waals surface area contributed by atoms with Gasteiger partial charge in [-0.15, -0.1) is 0 Å². The largest absolute Gasteiger partial charge is 0.497 e. The summed E-state index contributed by atoms with van der Waals surface area (Å²) in [6, 6.07) is 9.06. The molecule has 0 aliphatic heterocycles. The van der Waals surface area contributed by atoms with E-state index in [0.717, 1.165) is 15.8 Å². The average molecular weight is 335 g/mol. The van der Waals surface area contributed by atoms with Gasteiger partial charge >= 0.3 is 5.76 Å². The van der Waals surface area contributed by atoms with Crippen molar-refractivity contribution in [3.05, 3.63) is 57.1 Å². The minimum Gasteiger partial charge on any atom is -0.497 e. The highest BCUT2D eigenvalue weighted by molar-refractivity contribution is 9.10. The zero-order chi connectivity index (χ0) is 14.1. The molecule has 6 heteroatoms. The zero-order valence-corrected chi connectivity index (χ0v) is 12.3. The Labute approximate surface area is 122 Å². The molecule has 5 nitrogen and oxygen atoms in total. The molecule has 20 heavy (non-hydrogen) atoms. The van der Waals surface area contributed by atoms with Crippen LogP contribution in [0.15, 0.2) is 50.2 Å². The number of hydrogen-bond acceptors (Lipinski definition) is 4. The first kappa shape index (κ1) is 12.9. The maximum absolute atomic E-state index is 11.9. The number of fused-ring (bicyclic) bond motifs is 1. The minimum absolute atomic E-state index is 0.362. The summed E-state index contributed by atoms with van der Waals surface area (Å²) >= 11 is 3.47. The molecule has 0 aliphatic rings. The predicted octanol–water partition coefficient (Wildman–Crippen LogP) is 2.81. The van der Waals surface area contributed by atoms with Gasteiger partial charge in [-0.05, 0) is 35.9 Å². The zero-order valence-electron chi connectivity index (χ0n) is 10.7. The topological polar surface area (TPSA) is 57.3 Å². The SMILES string of the molecule is COc1ccc(Br)c(Cn2c(=O)oc3cccnc32)c1. The molecule has 102 valence electrons. The molecule has 0 radical (unpaired) electrons. The monoisotopic (exact) mass is 334 g/mol. The normalized spacial score (nSPS) is 10.9. The molecular weight excluding hydrogens is 324 g/mol. The third kappa shape index (κ3) is 2.22. The Bertz CT molecular complexity index is 823. The fourth-order valence-corrected chi connectivity index (χ4v) is 2.38. The summed E-state index contributed by atoms with van der Waals surface area (Å²) in [5.74, 6) is 0.311. The summed E-state index contributed by atoms with van der Waals surface area (Å²) in [4.78, 5) is 16.1. The van der Waals surface area contributed by atoms with Gasteiger partial charge in [0.2, 0.25) is 0 Å². The summed E-state index contributed by atoms with van der Waals surface area (Å²) in [7, 11) is 1.61. The van der Waals surface area contributed by atoms with E-state index in [1.54, 1.807) is 25.4 Å². The molecule has 2 heterocycles. The van der Waals surface area contributed by atoms with Gasteiger partial charge in [0.1, 0.15) is 5.75 Å². The molecule has 3 rings (SSSR count). The van der Waals surface area contributed by atoms with Crippen LogP contribution < -0.4 is 10.5 Å². The number of benzene rings is 1. The molecule has 0 bridgehead atoms. The van der Waals surface area contributed by atoms with E-state index in [4.69, 9.17) is 9.15 Å². The number of oxazole rings is 1. The number of aromatic nitrogens is 2. The smallest absolute Gasteiger partial charge is 0.421 e. The number of rotatable bonds is 3. The van der Waals surface area contributed by atoms with Gasteiger partial charge < -0.3 is 9.15 Å². The van der Waals surface area contributed by atoms with E-state index in [1.807, 2.05) is 18.2 Å². The number of halogens is 1. The second kappa shape index (κ2) is 5.13. The van der Waals surface area contributed by atoms with Gasteiger partial charge in [0.05, 0.1) is 13.7 Å². The summed E-state index contributed by atoms with van der Waals surface area (Å²) in [6.45, 7) is 0.362. The van der Waals surface area contributed by atoms with Gasteiger partial charge in [0.15, 0.2) is 11.2 Å². The molecule has 0 saturated heterocycles. The number of nitrogens with zero attached hydrogens (tertiary/aromatic N) is 2. The van der Waals surface area contributed by atoms with E-state index in [2.05, 4.69) is 20.9 Å². The third-order valence-corrected chi connectivity index (χ3v) is 3.78. The van der Waals surface area contributed by atoms with E-state index in [1.165, 1.54) is 4.57 Å². The first-order valence-electron chi connectivity index (χ1n) is 5.96. The van der Waals surface area contributed by atoms with Crippen molar-refractivity contribution in [3.8, 4) is 5.75 Å². The minimum atomic E-state index is -0.423. The molecule has 3 aromatic rings. The van der Waals surface area contributed by atoms with Crippen LogP contribution >= 0.6 is 15.9 Å². The quantitative estimate of drug-likeness (QED) is 0.739. The summed E-state index contributed by atoms with van der Waals surface area (Å²) in [5, 5.41) is 0. The molecule has 0 unspecified atom stereocenters. The van der Waals surface area contributed by atoms with E-state index in [-0.39, 0.29) is 0 Å². The highest BCUT2D eigenvalue weighted by Gasteiger charge is 2.12. The second-order valence-electron chi connectivity index (χ2n) is 4.24. The van der Waals surface area contributed by atoms with Crippen molar-refractivity contribution in [1.82, 2.24) is 9.55 Å². The maximum atomic E-state index is 11.9.